The Hall–Kier alpha value is -4.12. The molecule has 1 saturated carbocycles. The number of nitrogens with one attached hydrogen (secondary N) is 2. The molecule has 0 spiro atoms. The Kier molecular flexibility index (Phi) is 18.7. The SMILES string of the molecule is C=C(/C=C(OCCC(C)CCCOCCOCCOCC(=O)NC(C(=C1CC1)N1CCCC1/C(N)=C\CC)C(C)(C)C)\C(C)=C/C)Nc1ccc2cnccc2c1. The van der Waals surface area contributed by atoms with Crippen LogP contribution in [0.2, 0.25) is 0 Å². The Morgan fingerprint density at radius 2 is 1.79 bits per heavy atom. The number of hydrogen-bond donors (Lipinski definition) is 3. The van der Waals surface area contributed by atoms with Crippen LogP contribution in [-0.2, 0) is 23.7 Å². The predicted molar refractivity (Wildman–Crippen MR) is 233 cm³/mol. The number of fused-ring (bicyclic) bond motifs is 1. The number of carbonyl (C=O) groups is 1. The summed E-state index contributed by atoms with van der Waals surface area (Å²) in [4.78, 5) is 19.8. The van der Waals surface area contributed by atoms with E-state index < -0.39 is 0 Å². The van der Waals surface area contributed by atoms with E-state index in [-0.39, 0.29) is 30.0 Å². The van der Waals surface area contributed by atoms with Crippen molar-refractivity contribution in [2.75, 3.05) is 58.1 Å². The third-order valence-electron chi connectivity index (χ3n) is 10.6. The van der Waals surface area contributed by atoms with E-state index in [1.165, 1.54) is 11.3 Å². The minimum atomic E-state index is -0.160. The first-order valence-corrected chi connectivity index (χ1v) is 21.1. The Labute approximate surface area is 343 Å². The second-order valence-electron chi connectivity index (χ2n) is 16.5. The molecule has 3 atom stereocenters. The van der Waals surface area contributed by atoms with Crippen LogP contribution in [0.15, 0.2) is 95.5 Å². The number of amides is 1. The minimum Gasteiger partial charge on any atom is -0.493 e. The third kappa shape index (κ3) is 15.3. The molecule has 0 bridgehead atoms. The highest BCUT2D eigenvalue weighted by Gasteiger charge is 2.40. The predicted octanol–water partition coefficient (Wildman–Crippen LogP) is 9.18. The fraction of sp³-hybridized carbons (Fsp3) is 0.574. The molecule has 2 fully saturated rings. The highest BCUT2D eigenvalue weighted by Crippen LogP contribution is 2.42. The van der Waals surface area contributed by atoms with Crippen molar-refractivity contribution in [1.82, 2.24) is 15.2 Å². The van der Waals surface area contributed by atoms with Gasteiger partial charge in [0, 0.05) is 59.8 Å². The molecule has 1 saturated heterocycles. The van der Waals surface area contributed by atoms with Gasteiger partial charge in [-0.1, -0.05) is 59.4 Å². The van der Waals surface area contributed by atoms with Crippen LogP contribution in [0.5, 0.6) is 0 Å². The Balaban J connectivity index is 1.05. The second-order valence-corrected chi connectivity index (χ2v) is 16.5. The van der Waals surface area contributed by atoms with Crippen LogP contribution < -0.4 is 16.4 Å². The van der Waals surface area contributed by atoms with Gasteiger partial charge in [0.25, 0.3) is 0 Å². The van der Waals surface area contributed by atoms with E-state index in [1.54, 1.807) is 6.20 Å². The van der Waals surface area contributed by atoms with E-state index in [9.17, 15) is 4.79 Å². The van der Waals surface area contributed by atoms with Crippen LogP contribution in [0.25, 0.3) is 10.8 Å². The third-order valence-corrected chi connectivity index (χ3v) is 10.6. The van der Waals surface area contributed by atoms with Crippen molar-refractivity contribution in [3.63, 3.8) is 0 Å². The van der Waals surface area contributed by atoms with Crippen molar-refractivity contribution in [3.8, 4) is 0 Å². The molecule has 2 heterocycles. The summed E-state index contributed by atoms with van der Waals surface area (Å²) in [5, 5.41) is 8.94. The molecule has 10 nitrogen and oxygen atoms in total. The topological polar surface area (TPSA) is 120 Å². The summed E-state index contributed by atoms with van der Waals surface area (Å²) >= 11 is 0. The van der Waals surface area contributed by atoms with Crippen molar-refractivity contribution in [2.24, 2.45) is 17.1 Å². The van der Waals surface area contributed by atoms with E-state index in [0.29, 0.717) is 45.6 Å². The number of benzene rings is 1. The van der Waals surface area contributed by atoms with Gasteiger partial charge in [-0.3, -0.25) is 9.78 Å². The number of anilines is 1. The van der Waals surface area contributed by atoms with E-state index in [2.05, 4.69) is 92.9 Å². The number of aromatic nitrogens is 1. The Morgan fingerprint density at radius 1 is 1.05 bits per heavy atom. The zero-order valence-corrected chi connectivity index (χ0v) is 36.0. The lowest BCUT2D eigenvalue weighted by Gasteiger charge is -2.40. The molecule has 1 aliphatic carbocycles. The van der Waals surface area contributed by atoms with Crippen LogP contribution in [0, 0.1) is 11.3 Å². The first-order chi connectivity index (χ1) is 27.4. The van der Waals surface area contributed by atoms with Crippen LogP contribution in [0.3, 0.4) is 0 Å². The van der Waals surface area contributed by atoms with Gasteiger partial charge in [-0.2, -0.15) is 0 Å². The summed E-state index contributed by atoms with van der Waals surface area (Å²) in [6.45, 7) is 23.3. The highest BCUT2D eigenvalue weighted by atomic mass is 16.5. The van der Waals surface area contributed by atoms with Gasteiger partial charge in [-0.25, -0.2) is 0 Å². The number of ether oxygens (including phenoxy) is 4. The lowest BCUT2D eigenvalue weighted by atomic mass is 9.83. The van der Waals surface area contributed by atoms with E-state index in [4.69, 9.17) is 24.7 Å². The number of carbonyl (C=O) groups excluding carboxylic acids is 1. The first-order valence-electron chi connectivity index (χ1n) is 21.1. The molecule has 10 heteroatoms. The molecule has 1 aromatic carbocycles. The normalized spacial score (nSPS) is 17.5. The van der Waals surface area contributed by atoms with Gasteiger partial charge >= 0.3 is 0 Å². The van der Waals surface area contributed by atoms with Gasteiger partial charge in [-0.15, -0.1) is 0 Å². The lowest BCUT2D eigenvalue weighted by Crippen LogP contribution is -2.51. The minimum absolute atomic E-state index is 0.00304. The van der Waals surface area contributed by atoms with Crippen LogP contribution in [0.4, 0.5) is 5.69 Å². The fourth-order valence-electron chi connectivity index (χ4n) is 7.17. The average Bonchev–Trinajstić information content (AvgIpc) is 3.90. The van der Waals surface area contributed by atoms with Gasteiger partial charge in [0.05, 0.1) is 45.1 Å². The molecule has 2 aliphatic rings. The van der Waals surface area contributed by atoms with Gasteiger partial charge in [0.2, 0.25) is 5.91 Å². The number of allylic oxidation sites excluding steroid dienone is 5. The molecule has 1 amide bonds. The molecule has 3 unspecified atom stereocenters. The van der Waals surface area contributed by atoms with Crippen molar-refractivity contribution < 1.29 is 23.7 Å². The summed E-state index contributed by atoms with van der Waals surface area (Å²) in [6, 6.07) is 8.27. The first kappa shape index (κ1) is 45.6. The number of pyridine rings is 1. The maximum Gasteiger partial charge on any atom is 0.246 e. The molecule has 1 aliphatic heterocycles. The number of likely N-dealkylation sites (tertiary alicyclic amines) is 1. The number of hydrogen-bond acceptors (Lipinski definition) is 9. The van der Waals surface area contributed by atoms with Crippen molar-refractivity contribution >= 4 is 22.4 Å². The maximum atomic E-state index is 13.1. The molecular weight excluding hydrogens is 715 g/mol. The lowest BCUT2D eigenvalue weighted by molar-refractivity contribution is -0.127. The highest BCUT2D eigenvalue weighted by molar-refractivity contribution is 5.85. The molecular formula is C47H71N5O5. The van der Waals surface area contributed by atoms with E-state index in [0.717, 1.165) is 97.1 Å². The molecule has 4 N–H and O–H groups in total. The Morgan fingerprint density at radius 3 is 2.49 bits per heavy atom. The monoisotopic (exact) mass is 786 g/mol. The van der Waals surface area contributed by atoms with E-state index in [1.807, 2.05) is 31.3 Å². The molecule has 57 heavy (non-hydrogen) atoms. The summed E-state index contributed by atoms with van der Waals surface area (Å²) in [5.41, 5.74) is 12.8. The number of nitrogens with two attached hydrogens (primary N) is 1. The van der Waals surface area contributed by atoms with Crippen molar-refractivity contribution in [2.45, 2.75) is 112 Å². The van der Waals surface area contributed by atoms with Gasteiger partial charge in [0.15, 0.2) is 0 Å². The summed E-state index contributed by atoms with van der Waals surface area (Å²) < 4.78 is 23.5. The number of rotatable bonds is 25. The van der Waals surface area contributed by atoms with Gasteiger partial charge < -0.3 is 40.2 Å². The fourth-order valence-corrected chi connectivity index (χ4v) is 7.17. The molecule has 1 aromatic heterocycles. The zero-order valence-electron chi connectivity index (χ0n) is 36.0. The molecule has 0 radical (unpaired) electrons. The van der Waals surface area contributed by atoms with Gasteiger partial charge in [-0.05, 0) is 111 Å². The zero-order chi connectivity index (χ0) is 41.2. The molecule has 2 aromatic rings. The number of nitrogens with zero attached hydrogens (tertiary/aromatic N) is 2. The quantitative estimate of drug-likeness (QED) is 0.0514. The summed E-state index contributed by atoms with van der Waals surface area (Å²) in [5.74, 6) is 1.23. The summed E-state index contributed by atoms with van der Waals surface area (Å²) in [6.07, 6.45) is 18.1. The standard InChI is InChI=1S/C47H71N5O5/c1-9-13-41(48)42-15-11-23-52(42)45(37-16-17-37)46(47(6,7)8)51-44(53)33-56-29-28-55-27-26-54-24-12-14-34(3)21-25-57-43(35(4)10-2)30-36(5)50-40-19-18-39-32-49-22-20-38(39)31-40/h10,13,18-20,22,30-32,34,42,46,50H,5,9,11-12,14-17,21,23-29,33,48H2,1-4,6-8H3,(H,51,53)/b35-10-,41-13+,43-30+. The Bertz CT molecular complexity index is 1720. The summed E-state index contributed by atoms with van der Waals surface area (Å²) in [7, 11) is 0. The molecule has 4 rings (SSSR count). The largest absolute Gasteiger partial charge is 0.493 e. The maximum absolute atomic E-state index is 13.1. The van der Waals surface area contributed by atoms with Crippen LogP contribution in [0.1, 0.15) is 99.8 Å². The van der Waals surface area contributed by atoms with Crippen LogP contribution in [-0.4, -0.2) is 80.7 Å². The van der Waals surface area contributed by atoms with Crippen molar-refractivity contribution in [3.05, 3.63) is 95.5 Å². The van der Waals surface area contributed by atoms with E-state index >= 15 is 0 Å². The van der Waals surface area contributed by atoms with Crippen molar-refractivity contribution in [1.29, 1.82) is 0 Å². The molecule has 314 valence electrons. The average molecular weight is 786 g/mol. The van der Waals surface area contributed by atoms with Gasteiger partial charge in [0.1, 0.15) is 12.4 Å². The smallest absolute Gasteiger partial charge is 0.246 e. The van der Waals surface area contributed by atoms with Crippen LogP contribution >= 0.6 is 0 Å². The second kappa shape index (κ2) is 23.3.